The summed E-state index contributed by atoms with van der Waals surface area (Å²) in [6.45, 7) is 1.56. The lowest BCUT2D eigenvalue weighted by atomic mass is 9.88. The van der Waals surface area contributed by atoms with Crippen molar-refractivity contribution in [3.63, 3.8) is 0 Å². The number of benzene rings is 1. The zero-order valence-corrected chi connectivity index (χ0v) is 24.7. The summed E-state index contributed by atoms with van der Waals surface area (Å²) in [5.41, 5.74) is 2.22. The van der Waals surface area contributed by atoms with Gasteiger partial charge in [0.2, 0.25) is 5.88 Å². The highest BCUT2D eigenvalue weighted by Crippen LogP contribution is 2.49. The van der Waals surface area contributed by atoms with Crippen molar-refractivity contribution >= 4 is 34.0 Å². The van der Waals surface area contributed by atoms with Gasteiger partial charge < -0.3 is 25.2 Å². The fourth-order valence-electron chi connectivity index (χ4n) is 8.37. The van der Waals surface area contributed by atoms with E-state index >= 15 is 4.39 Å². The van der Waals surface area contributed by atoms with Crippen LogP contribution in [0.1, 0.15) is 37.7 Å². The second-order valence-electron chi connectivity index (χ2n) is 12.9. The maximum Gasteiger partial charge on any atom is 0.418 e. The average molecular weight is 653 g/mol. The Morgan fingerprint density at radius 3 is 2.80 bits per heavy atom. The Kier molecular flexibility index (Phi) is 6.57. The largest absolute Gasteiger partial charge is 0.475 e. The predicted molar refractivity (Wildman–Crippen MR) is 155 cm³/mol. The summed E-state index contributed by atoms with van der Waals surface area (Å²) in [6, 6.07) is 1.36. The Bertz CT molecular complexity index is 1710. The number of hydrogen-bond acceptors (Lipinski definition) is 9. The number of piperidine rings is 1. The zero-order valence-electron chi connectivity index (χ0n) is 24.0. The van der Waals surface area contributed by atoms with Crippen molar-refractivity contribution in [2.75, 3.05) is 43.5 Å². The van der Waals surface area contributed by atoms with E-state index in [1.807, 2.05) is 4.90 Å². The van der Waals surface area contributed by atoms with Crippen LogP contribution in [-0.2, 0) is 6.18 Å². The molecule has 3 N–H and O–H groups in total. The Balaban J connectivity index is 1.31. The van der Waals surface area contributed by atoms with Gasteiger partial charge in [-0.05, 0) is 44.4 Å². The van der Waals surface area contributed by atoms with Crippen LogP contribution in [0.3, 0.4) is 0 Å². The quantitative estimate of drug-likeness (QED) is 0.297. The normalized spacial score (nSPS) is 30.7. The molecule has 4 unspecified atom stereocenters. The second kappa shape index (κ2) is 10.1. The molecule has 2 aromatic heterocycles. The lowest BCUT2D eigenvalue weighted by Gasteiger charge is -2.42. The third kappa shape index (κ3) is 4.49. The number of aliphatic hydroxyl groups is 1. The van der Waals surface area contributed by atoms with Gasteiger partial charge in [0, 0.05) is 42.6 Å². The van der Waals surface area contributed by atoms with Crippen molar-refractivity contribution in [2.24, 2.45) is 11.8 Å². The van der Waals surface area contributed by atoms with E-state index in [1.165, 1.54) is 0 Å². The first-order chi connectivity index (χ1) is 21.4. The third-order valence-electron chi connectivity index (χ3n) is 10.4. The minimum Gasteiger partial charge on any atom is -0.475 e. The average Bonchev–Trinajstić information content (AvgIpc) is 3.53. The van der Waals surface area contributed by atoms with Crippen molar-refractivity contribution in [3.8, 4) is 23.1 Å². The molecule has 4 aliphatic heterocycles. The molecule has 9 nitrogen and oxygen atoms in total. The van der Waals surface area contributed by atoms with E-state index in [-0.39, 0.29) is 65.4 Å². The molecular weight excluding hydrogens is 623 g/mol. The van der Waals surface area contributed by atoms with Gasteiger partial charge in [-0.15, -0.1) is 0 Å². The van der Waals surface area contributed by atoms with Gasteiger partial charge in [-0.1, -0.05) is 11.6 Å². The molecule has 8 rings (SSSR count). The maximum atomic E-state index is 16.6. The van der Waals surface area contributed by atoms with Crippen LogP contribution in [-0.4, -0.2) is 81.7 Å². The molecule has 15 heteroatoms. The van der Waals surface area contributed by atoms with Gasteiger partial charge in [-0.25, -0.2) is 13.8 Å². The van der Waals surface area contributed by atoms with Crippen molar-refractivity contribution in [1.82, 2.24) is 19.9 Å². The van der Waals surface area contributed by atoms with Gasteiger partial charge in [0.1, 0.15) is 41.8 Å². The van der Waals surface area contributed by atoms with Crippen LogP contribution >= 0.6 is 11.6 Å². The summed E-state index contributed by atoms with van der Waals surface area (Å²) < 4.78 is 86.1. The number of hydrogen-bond donors (Lipinski definition) is 2. The molecule has 2 bridgehead atoms. The first-order valence-electron chi connectivity index (χ1n) is 15.1. The molecule has 0 radical (unpaired) electrons. The van der Waals surface area contributed by atoms with Crippen LogP contribution in [0.25, 0.3) is 22.2 Å². The molecule has 1 saturated carbocycles. The minimum atomic E-state index is -4.96. The number of halogens is 6. The molecule has 5 aliphatic rings. The van der Waals surface area contributed by atoms with Gasteiger partial charge in [0.05, 0.1) is 28.3 Å². The Labute approximate surface area is 259 Å². The van der Waals surface area contributed by atoms with E-state index in [9.17, 15) is 22.7 Å². The minimum absolute atomic E-state index is 0.0357. The molecule has 45 heavy (non-hydrogen) atoms. The summed E-state index contributed by atoms with van der Waals surface area (Å²) >= 11 is 6.00. The van der Waals surface area contributed by atoms with Crippen molar-refractivity contribution < 1.29 is 36.5 Å². The molecule has 4 fully saturated rings. The number of aliphatic hydroxyl groups excluding tert-OH is 1. The van der Waals surface area contributed by atoms with E-state index < -0.39 is 51.7 Å². The highest BCUT2D eigenvalue weighted by molar-refractivity contribution is 6.32. The SMILES string of the molecule is Nc1cc(Cl)c(C(F)(F)F)c(-c2nc3c4c(nc(OC[C@@]56CCCN5C[C@H](F)C6)nc4c2F)N2CC4CCC(C4O)C2CO3)c1. The predicted octanol–water partition coefficient (Wildman–Crippen LogP) is 5.01. The molecular formula is C30H30ClF5N6O3. The third-order valence-corrected chi connectivity index (χ3v) is 10.7. The molecule has 0 spiro atoms. The number of nitrogens with zero attached hydrogens (tertiary/aromatic N) is 5. The summed E-state index contributed by atoms with van der Waals surface area (Å²) in [5, 5.41) is 10.3. The van der Waals surface area contributed by atoms with Gasteiger partial charge in [-0.3, -0.25) is 4.90 Å². The molecule has 1 aliphatic carbocycles. The van der Waals surface area contributed by atoms with Crippen molar-refractivity contribution in [2.45, 2.75) is 62.1 Å². The first-order valence-corrected chi connectivity index (χ1v) is 15.5. The number of anilines is 2. The first kappa shape index (κ1) is 29.2. The molecule has 0 amide bonds. The van der Waals surface area contributed by atoms with E-state index in [2.05, 4.69) is 14.9 Å². The molecule has 240 valence electrons. The van der Waals surface area contributed by atoms with E-state index in [1.54, 1.807) is 0 Å². The number of pyridine rings is 1. The fourth-order valence-corrected chi connectivity index (χ4v) is 8.70. The summed E-state index contributed by atoms with van der Waals surface area (Å²) in [7, 11) is 0. The van der Waals surface area contributed by atoms with Gasteiger partial charge in [0.25, 0.3) is 0 Å². The Hall–Kier alpha value is -3.23. The Morgan fingerprint density at radius 1 is 1.18 bits per heavy atom. The van der Waals surface area contributed by atoms with Crippen LogP contribution in [0.2, 0.25) is 5.02 Å². The van der Waals surface area contributed by atoms with Crippen LogP contribution in [0, 0.1) is 17.7 Å². The van der Waals surface area contributed by atoms with E-state index in [0.29, 0.717) is 19.5 Å². The maximum absolute atomic E-state index is 16.6. The molecule has 6 atom stereocenters. The topological polar surface area (TPSA) is 110 Å². The molecule has 3 saturated heterocycles. The highest BCUT2D eigenvalue weighted by Gasteiger charge is 2.51. The second-order valence-corrected chi connectivity index (χ2v) is 13.3. The Morgan fingerprint density at radius 2 is 2.00 bits per heavy atom. The number of rotatable bonds is 4. The zero-order chi connectivity index (χ0) is 31.4. The summed E-state index contributed by atoms with van der Waals surface area (Å²) in [5.74, 6) is -1.24. The molecule has 1 aromatic carbocycles. The number of alkyl halides is 4. The van der Waals surface area contributed by atoms with Gasteiger partial charge in [-0.2, -0.15) is 23.1 Å². The lowest BCUT2D eigenvalue weighted by Crippen LogP contribution is -2.54. The number of nitrogen functional groups attached to an aromatic ring is 1. The molecule has 3 aromatic rings. The lowest BCUT2D eigenvalue weighted by molar-refractivity contribution is -0.137. The van der Waals surface area contributed by atoms with E-state index in [4.69, 9.17) is 31.8 Å². The monoisotopic (exact) mass is 652 g/mol. The number of nitrogens with two attached hydrogens (primary N) is 1. The fraction of sp³-hybridized carbons (Fsp3) is 0.567. The summed E-state index contributed by atoms with van der Waals surface area (Å²) in [4.78, 5) is 17.4. The number of ether oxygens (including phenoxy) is 2. The van der Waals surface area contributed by atoms with Crippen LogP contribution in [0.4, 0.5) is 33.5 Å². The van der Waals surface area contributed by atoms with E-state index in [0.717, 1.165) is 44.4 Å². The molecule has 6 heterocycles. The summed E-state index contributed by atoms with van der Waals surface area (Å²) in [6.07, 6.45) is -3.07. The number of aromatic nitrogens is 3. The van der Waals surface area contributed by atoms with Gasteiger partial charge >= 0.3 is 12.2 Å². The van der Waals surface area contributed by atoms with Crippen LogP contribution in [0.15, 0.2) is 12.1 Å². The number of fused-ring (bicyclic) bond motifs is 6. The highest BCUT2D eigenvalue weighted by atomic mass is 35.5. The van der Waals surface area contributed by atoms with Crippen molar-refractivity contribution in [1.29, 1.82) is 0 Å². The smallest absolute Gasteiger partial charge is 0.418 e. The standard InChI is InChI=1S/C30H30ClF5N6O3/c31-18-7-15(37)6-17(21(18)30(34,35)36)23-22(33)24-20-26(40-28(39-24)45-12-29-4-1-5-41(29)10-14(32)8-29)42-9-13-2-3-16(25(13)43)19(42)11-44-27(20)38-23/h6-7,13-14,16,19,25,43H,1-5,8-12,37H2/t13?,14-,16?,19?,25?,29+/m1/s1. The van der Waals surface area contributed by atoms with Crippen molar-refractivity contribution in [3.05, 3.63) is 28.5 Å². The van der Waals surface area contributed by atoms with Gasteiger partial charge in [0.15, 0.2) is 5.82 Å². The van der Waals surface area contributed by atoms with Crippen LogP contribution < -0.4 is 20.1 Å². The van der Waals surface area contributed by atoms with Crippen LogP contribution in [0.5, 0.6) is 11.9 Å².